The Labute approximate surface area is 193 Å². The molecule has 0 radical (unpaired) electrons. The van der Waals surface area contributed by atoms with E-state index in [4.69, 9.17) is 9.72 Å². The van der Waals surface area contributed by atoms with Gasteiger partial charge >= 0.3 is 0 Å². The van der Waals surface area contributed by atoms with Crippen LogP contribution >= 0.6 is 0 Å². The monoisotopic (exact) mass is 443 g/mol. The van der Waals surface area contributed by atoms with Crippen LogP contribution in [0, 0.1) is 13.8 Å². The van der Waals surface area contributed by atoms with Crippen LogP contribution in [0.15, 0.2) is 72.8 Å². The van der Waals surface area contributed by atoms with Crippen LogP contribution in [0.5, 0.6) is 5.75 Å². The first-order valence-electron chi connectivity index (χ1n) is 11.1. The number of benzene rings is 3. The van der Waals surface area contributed by atoms with Gasteiger partial charge < -0.3 is 19.7 Å². The molecule has 0 bridgehead atoms. The molecular weight excluding hydrogens is 414 g/mol. The summed E-state index contributed by atoms with van der Waals surface area (Å²) < 4.78 is 7.87. The summed E-state index contributed by atoms with van der Waals surface area (Å²) >= 11 is 0. The van der Waals surface area contributed by atoms with Gasteiger partial charge in [-0.3, -0.25) is 4.79 Å². The smallest absolute Gasteiger partial charge is 0.251 e. The number of rotatable bonds is 8. The van der Waals surface area contributed by atoms with Gasteiger partial charge in [0.15, 0.2) is 0 Å². The molecule has 0 saturated heterocycles. The minimum atomic E-state index is -0.752. The van der Waals surface area contributed by atoms with E-state index in [1.54, 1.807) is 12.1 Å². The highest BCUT2D eigenvalue weighted by molar-refractivity contribution is 5.94. The van der Waals surface area contributed by atoms with Crippen molar-refractivity contribution in [3.05, 3.63) is 95.3 Å². The van der Waals surface area contributed by atoms with Crippen molar-refractivity contribution in [3.63, 3.8) is 0 Å². The highest BCUT2D eigenvalue weighted by Gasteiger charge is 2.21. The predicted molar refractivity (Wildman–Crippen MR) is 129 cm³/mol. The number of carbonyl (C=O) groups excluding carboxylic acids is 1. The van der Waals surface area contributed by atoms with Gasteiger partial charge in [0.1, 0.15) is 24.3 Å². The molecule has 0 aliphatic carbocycles. The number of ether oxygens (including phenoxy) is 1. The summed E-state index contributed by atoms with van der Waals surface area (Å²) in [6.45, 7) is 6.35. The van der Waals surface area contributed by atoms with Crippen molar-refractivity contribution in [2.45, 2.75) is 39.5 Å². The second-order valence-corrected chi connectivity index (χ2v) is 8.36. The maximum atomic E-state index is 12.7. The molecule has 0 spiro atoms. The van der Waals surface area contributed by atoms with Crippen molar-refractivity contribution in [1.82, 2.24) is 14.9 Å². The van der Waals surface area contributed by atoms with Gasteiger partial charge in [0.05, 0.1) is 23.6 Å². The maximum absolute atomic E-state index is 12.7. The Hall–Kier alpha value is -3.64. The topological polar surface area (TPSA) is 76.4 Å². The van der Waals surface area contributed by atoms with Crippen molar-refractivity contribution in [1.29, 1.82) is 0 Å². The van der Waals surface area contributed by atoms with Crippen LogP contribution in [0.25, 0.3) is 11.0 Å². The number of imidazole rings is 1. The highest BCUT2D eigenvalue weighted by Crippen LogP contribution is 2.23. The average Bonchev–Trinajstić information content (AvgIpc) is 3.18. The summed E-state index contributed by atoms with van der Waals surface area (Å²) in [5.41, 5.74) is 4.44. The van der Waals surface area contributed by atoms with Gasteiger partial charge in [-0.25, -0.2) is 4.98 Å². The lowest BCUT2D eigenvalue weighted by atomic mass is 10.1. The third-order valence-electron chi connectivity index (χ3n) is 5.62. The minimum absolute atomic E-state index is 0.154. The number of aliphatic hydroxyl groups excluding tert-OH is 1. The number of aliphatic hydroxyl groups is 1. The Morgan fingerprint density at radius 1 is 1.06 bits per heavy atom. The molecule has 0 fully saturated rings. The number of fused-ring (bicyclic) bond motifs is 1. The molecule has 1 heterocycles. The van der Waals surface area contributed by atoms with E-state index in [2.05, 4.69) is 5.32 Å². The first kappa shape index (κ1) is 22.6. The molecule has 3 aromatic carbocycles. The van der Waals surface area contributed by atoms with E-state index in [-0.39, 0.29) is 18.6 Å². The van der Waals surface area contributed by atoms with Crippen LogP contribution in [-0.4, -0.2) is 33.3 Å². The molecule has 0 aliphatic rings. The number of amides is 1. The largest absolute Gasteiger partial charge is 0.491 e. The van der Waals surface area contributed by atoms with Crippen LogP contribution in [0.3, 0.4) is 0 Å². The van der Waals surface area contributed by atoms with Gasteiger partial charge in [0.25, 0.3) is 5.91 Å². The first-order valence-corrected chi connectivity index (χ1v) is 11.1. The van der Waals surface area contributed by atoms with E-state index in [1.807, 2.05) is 86.0 Å². The standard InChI is InChI=1S/C27H29N3O3/c1-18-13-14-19(2)25(15-18)33-17-22(31)16-30-24-12-8-7-11-23(24)29-26(30)20(3)28-27(32)21-9-5-4-6-10-21/h4-15,20,22,31H,16-17H2,1-3H3,(H,28,32)/t20-,22-/m1/s1. The normalized spacial score (nSPS) is 13.0. The molecule has 33 heavy (non-hydrogen) atoms. The lowest BCUT2D eigenvalue weighted by Crippen LogP contribution is -2.31. The van der Waals surface area contributed by atoms with Crippen molar-refractivity contribution < 1.29 is 14.6 Å². The van der Waals surface area contributed by atoms with Gasteiger partial charge in [-0.05, 0) is 62.2 Å². The SMILES string of the molecule is Cc1ccc(C)c(OC[C@H](O)Cn2c([C@@H](C)NC(=O)c3ccccc3)nc3ccccc32)c1. The van der Waals surface area contributed by atoms with Gasteiger partial charge in [0.2, 0.25) is 0 Å². The molecular formula is C27H29N3O3. The molecule has 0 unspecified atom stereocenters. The Kier molecular flexibility index (Phi) is 6.75. The number of carbonyl (C=O) groups is 1. The van der Waals surface area contributed by atoms with Crippen LogP contribution in [-0.2, 0) is 6.54 Å². The van der Waals surface area contributed by atoms with Crippen LogP contribution in [0.2, 0.25) is 0 Å². The van der Waals surface area contributed by atoms with Gasteiger partial charge in [-0.1, -0.05) is 42.5 Å². The van der Waals surface area contributed by atoms with Crippen LogP contribution < -0.4 is 10.1 Å². The lowest BCUT2D eigenvalue weighted by Gasteiger charge is -2.19. The van der Waals surface area contributed by atoms with E-state index in [0.29, 0.717) is 17.9 Å². The van der Waals surface area contributed by atoms with Crippen molar-refractivity contribution in [2.24, 2.45) is 0 Å². The van der Waals surface area contributed by atoms with Crippen molar-refractivity contribution in [2.75, 3.05) is 6.61 Å². The molecule has 2 atom stereocenters. The minimum Gasteiger partial charge on any atom is -0.491 e. The van der Waals surface area contributed by atoms with E-state index in [9.17, 15) is 9.90 Å². The molecule has 2 N–H and O–H groups in total. The fraction of sp³-hybridized carbons (Fsp3) is 0.259. The summed E-state index contributed by atoms with van der Waals surface area (Å²) in [5, 5.41) is 13.8. The van der Waals surface area contributed by atoms with Crippen LogP contribution in [0.1, 0.15) is 40.3 Å². The Morgan fingerprint density at radius 3 is 2.58 bits per heavy atom. The maximum Gasteiger partial charge on any atom is 0.251 e. The fourth-order valence-electron chi connectivity index (χ4n) is 3.86. The van der Waals surface area contributed by atoms with E-state index in [0.717, 1.165) is 27.9 Å². The number of aromatic nitrogens is 2. The molecule has 170 valence electrons. The zero-order valence-corrected chi connectivity index (χ0v) is 19.2. The van der Waals surface area contributed by atoms with E-state index >= 15 is 0 Å². The molecule has 4 aromatic rings. The lowest BCUT2D eigenvalue weighted by molar-refractivity contribution is 0.0904. The molecule has 0 aliphatic heterocycles. The molecule has 0 saturated carbocycles. The second-order valence-electron chi connectivity index (χ2n) is 8.36. The number of hydrogen-bond donors (Lipinski definition) is 2. The third-order valence-corrected chi connectivity index (χ3v) is 5.62. The number of para-hydroxylation sites is 2. The number of hydrogen-bond acceptors (Lipinski definition) is 4. The quantitative estimate of drug-likeness (QED) is 0.418. The zero-order chi connectivity index (χ0) is 23.4. The van der Waals surface area contributed by atoms with Crippen LogP contribution in [0.4, 0.5) is 0 Å². The third kappa shape index (κ3) is 5.23. The molecule has 6 nitrogen and oxygen atoms in total. The van der Waals surface area contributed by atoms with Crippen molar-refractivity contribution in [3.8, 4) is 5.75 Å². The molecule has 1 amide bonds. The van der Waals surface area contributed by atoms with Gasteiger partial charge in [-0.2, -0.15) is 0 Å². The average molecular weight is 444 g/mol. The Morgan fingerprint density at radius 2 is 1.79 bits per heavy atom. The summed E-state index contributed by atoms with van der Waals surface area (Å²) in [5.74, 6) is 1.29. The highest BCUT2D eigenvalue weighted by atomic mass is 16.5. The first-order chi connectivity index (χ1) is 15.9. The number of nitrogens with zero attached hydrogens (tertiary/aromatic N) is 2. The summed E-state index contributed by atoms with van der Waals surface area (Å²) in [7, 11) is 0. The number of aryl methyl sites for hydroxylation is 2. The second kappa shape index (κ2) is 9.88. The Balaban J connectivity index is 1.53. The zero-order valence-electron chi connectivity index (χ0n) is 19.2. The Bertz CT molecular complexity index is 1250. The molecule has 4 rings (SSSR count). The summed E-state index contributed by atoms with van der Waals surface area (Å²) in [4.78, 5) is 17.4. The summed E-state index contributed by atoms with van der Waals surface area (Å²) in [6, 6.07) is 22.5. The fourth-order valence-corrected chi connectivity index (χ4v) is 3.86. The molecule has 1 aromatic heterocycles. The van der Waals surface area contributed by atoms with E-state index in [1.165, 1.54) is 0 Å². The molecule has 6 heteroatoms. The van der Waals surface area contributed by atoms with E-state index < -0.39 is 6.10 Å². The van der Waals surface area contributed by atoms with Gasteiger partial charge in [-0.15, -0.1) is 0 Å². The number of nitrogens with one attached hydrogen (secondary N) is 1. The summed E-state index contributed by atoms with van der Waals surface area (Å²) in [6.07, 6.45) is -0.752. The van der Waals surface area contributed by atoms with Gasteiger partial charge in [0, 0.05) is 5.56 Å². The predicted octanol–water partition coefficient (Wildman–Crippen LogP) is 4.58. The van der Waals surface area contributed by atoms with Crippen molar-refractivity contribution >= 4 is 16.9 Å².